The second-order valence-corrected chi connectivity index (χ2v) is 9.46. The predicted molar refractivity (Wildman–Crippen MR) is 145 cm³/mol. The van der Waals surface area contributed by atoms with Gasteiger partial charge in [-0.25, -0.2) is 19.4 Å². The number of carbonyl (C=O) groups is 1. The molecule has 0 aliphatic heterocycles. The van der Waals surface area contributed by atoms with Crippen molar-refractivity contribution in [1.29, 1.82) is 0 Å². The maximum absolute atomic E-state index is 13.5. The molecule has 0 unspecified atom stereocenters. The lowest BCUT2D eigenvalue weighted by Crippen LogP contribution is -2.22. The first kappa shape index (κ1) is 25.1. The van der Waals surface area contributed by atoms with Crippen molar-refractivity contribution in [3.8, 4) is 22.6 Å². The van der Waals surface area contributed by atoms with Gasteiger partial charge in [-0.05, 0) is 37.6 Å². The molecular formula is C27H24ClN7O3. The van der Waals surface area contributed by atoms with E-state index in [1.54, 1.807) is 24.0 Å². The molecule has 38 heavy (non-hydrogen) atoms. The van der Waals surface area contributed by atoms with Crippen molar-refractivity contribution in [3.05, 3.63) is 87.1 Å². The Balaban J connectivity index is 1.61. The summed E-state index contributed by atoms with van der Waals surface area (Å²) in [6.07, 6.45) is 1.69. The highest BCUT2D eigenvalue weighted by molar-refractivity contribution is 6.29. The Morgan fingerprint density at radius 2 is 1.76 bits per heavy atom. The van der Waals surface area contributed by atoms with Crippen LogP contribution in [0.15, 0.2) is 59.5 Å². The highest BCUT2D eigenvalue weighted by atomic mass is 35.5. The zero-order chi connectivity index (χ0) is 27.1. The summed E-state index contributed by atoms with van der Waals surface area (Å²) in [4.78, 5) is 34.1. The van der Waals surface area contributed by atoms with Gasteiger partial charge in [-0.2, -0.15) is 0 Å². The van der Waals surface area contributed by atoms with Crippen LogP contribution in [0.4, 0.5) is 5.69 Å². The minimum absolute atomic E-state index is 0.0853. The van der Waals surface area contributed by atoms with Crippen LogP contribution in [0, 0.1) is 6.92 Å². The Labute approximate surface area is 222 Å². The molecule has 5 aromatic rings. The molecule has 0 radical (unpaired) electrons. The number of hydrogen-bond donors (Lipinski definition) is 2. The minimum atomic E-state index is -1.20. The van der Waals surface area contributed by atoms with E-state index < -0.39 is 12.0 Å². The zero-order valence-electron chi connectivity index (χ0n) is 21.1. The topological polar surface area (TPSA) is 128 Å². The lowest BCUT2D eigenvalue weighted by atomic mass is 10.0. The second-order valence-electron chi connectivity index (χ2n) is 9.07. The Bertz CT molecular complexity index is 1760. The van der Waals surface area contributed by atoms with E-state index in [4.69, 9.17) is 16.6 Å². The third-order valence-corrected chi connectivity index (χ3v) is 6.62. The van der Waals surface area contributed by atoms with Gasteiger partial charge in [-0.1, -0.05) is 47.1 Å². The van der Waals surface area contributed by atoms with E-state index in [1.165, 1.54) is 10.6 Å². The fourth-order valence-corrected chi connectivity index (χ4v) is 4.66. The van der Waals surface area contributed by atoms with Crippen molar-refractivity contribution in [3.63, 3.8) is 0 Å². The lowest BCUT2D eigenvalue weighted by molar-refractivity contribution is 0.0691. The molecule has 5 rings (SSSR count). The summed E-state index contributed by atoms with van der Waals surface area (Å²) in [7, 11) is 3.52. The van der Waals surface area contributed by atoms with Crippen molar-refractivity contribution in [1.82, 2.24) is 29.5 Å². The molecule has 0 fully saturated rings. The van der Waals surface area contributed by atoms with Crippen LogP contribution in [0.1, 0.15) is 34.6 Å². The number of carboxylic acid groups (broad SMARTS) is 1. The first-order valence-electron chi connectivity index (χ1n) is 11.8. The lowest BCUT2D eigenvalue weighted by Gasteiger charge is -2.20. The van der Waals surface area contributed by atoms with Crippen molar-refractivity contribution < 1.29 is 9.90 Å². The fourth-order valence-electron chi connectivity index (χ4n) is 4.51. The molecular weight excluding hydrogens is 506 g/mol. The molecule has 1 atom stereocenters. The van der Waals surface area contributed by atoms with E-state index in [2.05, 4.69) is 20.6 Å². The summed E-state index contributed by atoms with van der Waals surface area (Å²) in [5.74, 6) is -0.690. The molecule has 0 saturated carbocycles. The summed E-state index contributed by atoms with van der Waals surface area (Å²) < 4.78 is 3.23. The van der Waals surface area contributed by atoms with Crippen molar-refractivity contribution in [2.24, 2.45) is 14.1 Å². The van der Waals surface area contributed by atoms with E-state index in [1.807, 2.05) is 57.3 Å². The third kappa shape index (κ3) is 4.50. The van der Waals surface area contributed by atoms with Crippen LogP contribution in [0.5, 0.6) is 0 Å². The number of halogens is 1. The van der Waals surface area contributed by atoms with E-state index in [0.29, 0.717) is 22.4 Å². The molecule has 3 aromatic heterocycles. The molecule has 10 nitrogen and oxygen atoms in total. The summed E-state index contributed by atoms with van der Waals surface area (Å²) in [6.45, 7) is 3.78. The summed E-state index contributed by atoms with van der Waals surface area (Å²) in [6, 6.07) is 14.1. The number of aromatic carboxylic acids is 1. The molecule has 0 aliphatic carbocycles. The van der Waals surface area contributed by atoms with Crippen LogP contribution in [0.2, 0.25) is 5.15 Å². The number of fused-ring (bicyclic) bond motifs is 1. The van der Waals surface area contributed by atoms with Crippen LogP contribution in [-0.2, 0) is 14.1 Å². The van der Waals surface area contributed by atoms with Gasteiger partial charge >= 0.3 is 5.97 Å². The number of hydrogen-bond acceptors (Lipinski definition) is 7. The van der Waals surface area contributed by atoms with Crippen LogP contribution in [0.25, 0.3) is 33.5 Å². The first-order valence-corrected chi connectivity index (χ1v) is 12.1. The first-order chi connectivity index (χ1) is 18.1. The number of nitrogens with zero attached hydrogens (tertiary/aromatic N) is 6. The molecule has 3 heterocycles. The standard InChI is InChI=1S/C27H24ClN7O3/c1-14-11-18(15(2)30-20-9-10-22(28)31-24(20)27(37)38)23-19(12-14)26(36)34(3)25(32-23)17-7-5-16(6-8-17)21-13-29-33-35(21)4/h5-13,15,30H,1-4H3,(H,37,38)/t15-/m1/s1. The Kier molecular flexibility index (Phi) is 6.41. The van der Waals surface area contributed by atoms with Gasteiger partial charge in [0, 0.05) is 30.8 Å². The van der Waals surface area contributed by atoms with Gasteiger partial charge in [0.1, 0.15) is 11.0 Å². The quantitative estimate of drug-likeness (QED) is 0.305. The molecule has 2 aromatic carbocycles. The molecule has 0 spiro atoms. The van der Waals surface area contributed by atoms with Gasteiger partial charge in [0.05, 0.1) is 34.5 Å². The highest BCUT2D eigenvalue weighted by Gasteiger charge is 2.20. The second kappa shape index (κ2) is 9.71. The number of aromatic nitrogens is 6. The number of pyridine rings is 1. The smallest absolute Gasteiger partial charge is 0.356 e. The molecule has 0 bridgehead atoms. The van der Waals surface area contributed by atoms with E-state index >= 15 is 0 Å². The number of carboxylic acids is 1. The largest absolute Gasteiger partial charge is 0.476 e. The van der Waals surface area contributed by atoms with Gasteiger partial charge in [-0.15, -0.1) is 5.10 Å². The molecule has 0 aliphatic rings. The Morgan fingerprint density at radius 3 is 2.42 bits per heavy atom. The van der Waals surface area contributed by atoms with Crippen LogP contribution < -0.4 is 10.9 Å². The van der Waals surface area contributed by atoms with Crippen molar-refractivity contribution >= 4 is 34.2 Å². The molecule has 0 amide bonds. The van der Waals surface area contributed by atoms with Gasteiger partial charge < -0.3 is 10.4 Å². The van der Waals surface area contributed by atoms with E-state index in [9.17, 15) is 14.7 Å². The summed E-state index contributed by atoms with van der Waals surface area (Å²) >= 11 is 5.91. The van der Waals surface area contributed by atoms with Gasteiger partial charge in [-0.3, -0.25) is 9.36 Å². The summed E-state index contributed by atoms with van der Waals surface area (Å²) in [5, 5.41) is 21.3. The molecule has 192 valence electrons. The SMILES string of the molecule is Cc1cc([C@@H](C)Nc2ccc(Cl)nc2C(=O)O)c2nc(-c3ccc(-c4cnnn4C)cc3)n(C)c(=O)c2c1. The van der Waals surface area contributed by atoms with E-state index in [-0.39, 0.29) is 16.4 Å². The Hall–Kier alpha value is -4.57. The molecule has 2 N–H and O–H groups in total. The maximum atomic E-state index is 13.5. The van der Waals surface area contributed by atoms with Gasteiger partial charge in [0.2, 0.25) is 0 Å². The number of benzene rings is 2. The van der Waals surface area contributed by atoms with Crippen LogP contribution in [-0.4, -0.2) is 40.6 Å². The van der Waals surface area contributed by atoms with Crippen LogP contribution in [0.3, 0.4) is 0 Å². The van der Waals surface area contributed by atoms with Crippen LogP contribution >= 0.6 is 11.6 Å². The maximum Gasteiger partial charge on any atom is 0.356 e. The van der Waals surface area contributed by atoms with Crippen molar-refractivity contribution in [2.75, 3.05) is 5.32 Å². The van der Waals surface area contributed by atoms with Gasteiger partial charge in [0.15, 0.2) is 5.69 Å². The number of anilines is 1. The van der Waals surface area contributed by atoms with E-state index in [0.717, 1.165) is 27.9 Å². The average molecular weight is 530 g/mol. The minimum Gasteiger partial charge on any atom is -0.476 e. The zero-order valence-corrected chi connectivity index (χ0v) is 21.9. The van der Waals surface area contributed by atoms with Crippen molar-refractivity contribution in [2.45, 2.75) is 19.9 Å². The fraction of sp³-hybridized carbons (Fsp3) is 0.185. The number of rotatable bonds is 6. The summed E-state index contributed by atoms with van der Waals surface area (Å²) in [5.41, 5.74) is 4.70. The highest BCUT2D eigenvalue weighted by Crippen LogP contribution is 2.30. The average Bonchev–Trinajstić information content (AvgIpc) is 3.32. The predicted octanol–water partition coefficient (Wildman–Crippen LogP) is 4.62. The third-order valence-electron chi connectivity index (χ3n) is 6.41. The van der Waals surface area contributed by atoms with Gasteiger partial charge in [0.25, 0.3) is 5.56 Å². The molecule has 11 heteroatoms. The Morgan fingerprint density at radius 1 is 1.05 bits per heavy atom. The molecule has 0 saturated heterocycles. The number of nitrogens with one attached hydrogen (secondary N) is 1. The monoisotopic (exact) mass is 529 g/mol. The normalized spacial score (nSPS) is 12.0. The number of aryl methyl sites for hydroxylation is 2.